The normalized spacial score (nSPS) is 19.1. The van der Waals surface area contributed by atoms with E-state index in [0.29, 0.717) is 0 Å². The Labute approximate surface area is 87.0 Å². The Hall–Kier alpha value is -0.730. The summed E-state index contributed by atoms with van der Waals surface area (Å²) in [5.74, 6) is -0.390. The summed E-state index contributed by atoms with van der Waals surface area (Å²) in [5.41, 5.74) is 0. The van der Waals surface area contributed by atoms with Crippen molar-refractivity contribution in [3.05, 3.63) is 0 Å². The molecule has 90 valence electrons. The van der Waals surface area contributed by atoms with E-state index in [2.05, 4.69) is 5.32 Å². The number of amides is 1. The summed E-state index contributed by atoms with van der Waals surface area (Å²) in [4.78, 5) is 10.5. The molecule has 0 aromatic heterocycles. The van der Waals surface area contributed by atoms with Crippen molar-refractivity contribution in [2.45, 2.75) is 31.3 Å². The molecule has 7 nitrogen and oxygen atoms in total. The molecular formula is C8H17NO6. The second-order valence-electron chi connectivity index (χ2n) is 3.24. The monoisotopic (exact) mass is 223 g/mol. The maximum atomic E-state index is 10.5. The van der Waals surface area contributed by atoms with Crippen LogP contribution in [0.1, 0.15) is 6.92 Å². The maximum Gasteiger partial charge on any atom is 0.216 e. The highest BCUT2D eigenvalue weighted by Gasteiger charge is 2.29. The summed E-state index contributed by atoms with van der Waals surface area (Å²) in [6, 6.07) is 0. The first-order valence-corrected chi connectivity index (χ1v) is 4.47. The van der Waals surface area contributed by atoms with Crippen molar-refractivity contribution in [3.8, 4) is 0 Å². The first-order valence-electron chi connectivity index (χ1n) is 4.47. The topological polar surface area (TPSA) is 130 Å². The van der Waals surface area contributed by atoms with Gasteiger partial charge in [-0.3, -0.25) is 4.79 Å². The Morgan fingerprint density at radius 2 is 1.60 bits per heavy atom. The lowest BCUT2D eigenvalue weighted by Gasteiger charge is -2.25. The lowest BCUT2D eigenvalue weighted by atomic mass is 10.0. The minimum atomic E-state index is -1.67. The van der Waals surface area contributed by atoms with Crippen LogP contribution in [0.2, 0.25) is 0 Å². The van der Waals surface area contributed by atoms with E-state index >= 15 is 0 Å². The van der Waals surface area contributed by atoms with Gasteiger partial charge in [0.25, 0.3) is 0 Å². The highest BCUT2D eigenvalue weighted by molar-refractivity contribution is 5.72. The number of hydrogen-bond donors (Lipinski definition) is 6. The van der Waals surface area contributed by atoms with Crippen molar-refractivity contribution < 1.29 is 30.3 Å². The number of carbonyl (C=O) groups is 1. The average Bonchev–Trinajstić information content (AvgIpc) is 2.22. The predicted molar refractivity (Wildman–Crippen MR) is 49.8 cm³/mol. The molecule has 0 unspecified atom stereocenters. The fourth-order valence-electron chi connectivity index (χ4n) is 0.932. The minimum Gasteiger partial charge on any atom is -0.394 e. The van der Waals surface area contributed by atoms with Gasteiger partial charge in [0, 0.05) is 13.5 Å². The second-order valence-corrected chi connectivity index (χ2v) is 3.24. The average molecular weight is 223 g/mol. The van der Waals surface area contributed by atoms with E-state index in [1.54, 1.807) is 0 Å². The van der Waals surface area contributed by atoms with Gasteiger partial charge in [-0.2, -0.15) is 0 Å². The van der Waals surface area contributed by atoms with Crippen LogP contribution >= 0.6 is 0 Å². The van der Waals surface area contributed by atoms with Gasteiger partial charge in [-0.1, -0.05) is 0 Å². The van der Waals surface area contributed by atoms with E-state index in [-0.39, 0.29) is 6.54 Å². The largest absolute Gasteiger partial charge is 0.394 e. The third kappa shape index (κ3) is 5.05. The van der Waals surface area contributed by atoms with Gasteiger partial charge in [-0.05, 0) is 0 Å². The molecule has 0 aromatic rings. The third-order valence-corrected chi connectivity index (χ3v) is 1.89. The molecule has 15 heavy (non-hydrogen) atoms. The Kier molecular flexibility index (Phi) is 6.37. The van der Waals surface area contributed by atoms with Gasteiger partial charge in [0.05, 0.1) is 12.7 Å². The maximum absolute atomic E-state index is 10.5. The molecule has 4 atom stereocenters. The van der Waals surface area contributed by atoms with Crippen molar-refractivity contribution in [2.24, 2.45) is 0 Å². The molecule has 0 aliphatic rings. The number of aliphatic hydroxyl groups is 5. The SMILES string of the molecule is CC(=O)NC[C@@H](O)[C@H](O)[C@@H](O)[C@@H](O)CO. The van der Waals surface area contributed by atoms with Crippen molar-refractivity contribution in [1.82, 2.24) is 5.32 Å². The van der Waals surface area contributed by atoms with E-state index in [1.807, 2.05) is 0 Å². The summed E-state index contributed by atoms with van der Waals surface area (Å²) in [6.07, 6.45) is -6.25. The summed E-state index contributed by atoms with van der Waals surface area (Å²) in [6.45, 7) is 0.259. The molecule has 0 aliphatic carbocycles. The van der Waals surface area contributed by atoms with Crippen LogP contribution in [0.25, 0.3) is 0 Å². The summed E-state index contributed by atoms with van der Waals surface area (Å²) >= 11 is 0. The smallest absolute Gasteiger partial charge is 0.216 e. The fourth-order valence-corrected chi connectivity index (χ4v) is 0.932. The molecule has 0 rings (SSSR count). The molecule has 0 saturated carbocycles. The molecule has 0 aromatic carbocycles. The molecule has 0 saturated heterocycles. The Morgan fingerprint density at radius 3 is 2.00 bits per heavy atom. The number of rotatable bonds is 6. The van der Waals surface area contributed by atoms with E-state index in [9.17, 15) is 20.1 Å². The first-order chi connectivity index (χ1) is 6.90. The van der Waals surface area contributed by atoms with Crippen molar-refractivity contribution in [1.29, 1.82) is 0 Å². The standard InChI is InChI=1S/C8H17NO6/c1-4(11)9-2-5(12)7(14)8(15)6(13)3-10/h5-8,10,12-15H,2-3H2,1H3,(H,9,11)/t5-,6+,7+,8+/m1/s1. The van der Waals surface area contributed by atoms with Gasteiger partial charge in [-0.15, -0.1) is 0 Å². The molecule has 0 heterocycles. The highest BCUT2D eigenvalue weighted by Crippen LogP contribution is 2.04. The molecular weight excluding hydrogens is 206 g/mol. The molecule has 1 amide bonds. The van der Waals surface area contributed by atoms with Crippen LogP contribution in [0.4, 0.5) is 0 Å². The fraction of sp³-hybridized carbons (Fsp3) is 0.875. The molecule has 0 aliphatic heterocycles. The molecule has 0 fully saturated rings. The van der Waals surface area contributed by atoms with Crippen molar-refractivity contribution in [3.63, 3.8) is 0 Å². The molecule has 0 bridgehead atoms. The summed E-state index contributed by atoms with van der Waals surface area (Å²) in [7, 11) is 0. The zero-order valence-electron chi connectivity index (χ0n) is 8.37. The summed E-state index contributed by atoms with van der Waals surface area (Å²) in [5, 5.41) is 47.4. The minimum absolute atomic E-state index is 0.244. The van der Waals surface area contributed by atoms with Gasteiger partial charge < -0.3 is 30.8 Å². The Balaban J connectivity index is 4.06. The van der Waals surface area contributed by atoms with E-state index < -0.39 is 36.9 Å². The Bertz CT molecular complexity index is 200. The van der Waals surface area contributed by atoms with Gasteiger partial charge in [0.15, 0.2) is 0 Å². The van der Waals surface area contributed by atoms with Gasteiger partial charge in [-0.25, -0.2) is 0 Å². The predicted octanol–water partition coefficient (Wildman–Crippen LogP) is -3.44. The zero-order valence-corrected chi connectivity index (χ0v) is 8.37. The van der Waals surface area contributed by atoms with Gasteiger partial charge in [0.1, 0.15) is 18.3 Å². The van der Waals surface area contributed by atoms with Crippen LogP contribution in [0, 0.1) is 0 Å². The highest BCUT2D eigenvalue weighted by atomic mass is 16.4. The van der Waals surface area contributed by atoms with Gasteiger partial charge in [0.2, 0.25) is 5.91 Å². The van der Waals surface area contributed by atoms with Crippen LogP contribution < -0.4 is 5.32 Å². The number of aliphatic hydroxyl groups excluding tert-OH is 5. The first kappa shape index (κ1) is 14.3. The van der Waals surface area contributed by atoms with Crippen LogP contribution in [-0.2, 0) is 4.79 Å². The molecule has 0 radical (unpaired) electrons. The van der Waals surface area contributed by atoms with Crippen LogP contribution in [-0.4, -0.2) is 69.0 Å². The molecule has 7 heteroatoms. The lowest BCUT2D eigenvalue weighted by molar-refractivity contribution is -0.124. The van der Waals surface area contributed by atoms with Crippen LogP contribution in [0.5, 0.6) is 0 Å². The molecule has 6 N–H and O–H groups in total. The Morgan fingerprint density at radius 1 is 1.13 bits per heavy atom. The lowest BCUT2D eigenvalue weighted by Crippen LogP contribution is -2.49. The number of carbonyl (C=O) groups excluding carboxylic acids is 1. The van der Waals surface area contributed by atoms with Crippen molar-refractivity contribution >= 4 is 5.91 Å². The van der Waals surface area contributed by atoms with Gasteiger partial charge >= 0.3 is 0 Å². The van der Waals surface area contributed by atoms with Crippen LogP contribution in [0.15, 0.2) is 0 Å². The van der Waals surface area contributed by atoms with Crippen LogP contribution in [0.3, 0.4) is 0 Å². The quantitative estimate of drug-likeness (QED) is 0.278. The third-order valence-electron chi connectivity index (χ3n) is 1.89. The molecule has 0 spiro atoms. The van der Waals surface area contributed by atoms with E-state index in [1.165, 1.54) is 6.92 Å². The van der Waals surface area contributed by atoms with E-state index in [4.69, 9.17) is 10.2 Å². The zero-order chi connectivity index (χ0) is 12.0. The number of hydrogen-bond acceptors (Lipinski definition) is 6. The van der Waals surface area contributed by atoms with Crippen molar-refractivity contribution in [2.75, 3.05) is 13.2 Å². The second kappa shape index (κ2) is 6.70. The number of nitrogens with one attached hydrogen (secondary N) is 1. The summed E-state index contributed by atoms with van der Waals surface area (Å²) < 4.78 is 0. The van der Waals surface area contributed by atoms with E-state index in [0.717, 1.165) is 0 Å².